The van der Waals surface area contributed by atoms with Gasteiger partial charge in [-0.2, -0.15) is 5.10 Å². The highest BCUT2D eigenvalue weighted by Crippen LogP contribution is 2.31. The lowest BCUT2D eigenvalue weighted by Gasteiger charge is -2.38. The third kappa shape index (κ3) is 4.33. The second-order valence-corrected chi connectivity index (χ2v) is 8.88. The number of carbonyl (C=O) groups excluding carboxylic acids is 1. The van der Waals surface area contributed by atoms with Gasteiger partial charge in [-0.25, -0.2) is 4.79 Å². The summed E-state index contributed by atoms with van der Waals surface area (Å²) < 4.78 is 7.80. The summed E-state index contributed by atoms with van der Waals surface area (Å²) in [5, 5.41) is 25.8. The minimum absolute atomic E-state index is 0.121. The van der Waals surface area contributed by atoms with Gasteiger partial charge in [0.05, 0.1) is 17.2 Å². The first-order valence-electron chi connectivity index (χ1n) is 11.4. The van der Waals surface area contributed by atoms with Gasteiger partial charge >= 0.3 is 6.09 Å². The quantitative estimate of drug-likeness (QED) is 0.589. The Balaban J connectivity index is 1.31. The Labute approximate surface area is 196 Å². The maximum atomic E-state index is 13.1. The number of piperazine rings is 1. The van der Waals surface area contributed by atoms with Crippen molar-refractivity contribution in [3.05, 3.63) is 36.0 Å². The Hall–Kier alpha value is -3.89. The first-order valence-corrected chi connectivity index (χ1v) is 11.4. The topological polar surface area (TPSA) is 126 Å². The number of hydrogen-bond donors (Lipinski definition) is 2. The van der Waals surface area contributed by atoms with Gasteiger partial charge in [0.1, 0.15) is 5.75 Å². The van der Waals surface area contributed by atoms with E-state index in [1.54, 1.807) is 22.9 Å². The number of amides is 2. The maximum absolute atomic E-state index is 13.1. The number of ether oxygens (including phenoxy) is 1. The van der Waals surface area contributed by atoms with Crippen molar-refractivity contribution in [1.82, 2.24) is 24.9 Å². The molecule has 1 aliphatic carbocycles. The molecule has 3 aromatic rings. The average Bonchev–Trinajstić information content (AvgIpc) is 3.14. The van der Waals surface area contributed by atoms with Crippen molar-refractivity contribution in [2.75, 3.05) is 29.9 Å². The summed E-state index contributed by atoms with van der Waals surface area (Å²) >= 11 is 0. The number of anilines is 2. The van der Waals surface area contributed by atoms with Gasteiger partial charge in [-0.3, -0.25) is 9.48 Å². The Morgan fingerprint density at radius 3 is 2.65 bits per heavy atom. The third-order valence-corrected chi connectivity index (χ3v) is 6.40. The van der Waals surface area contributed by atoms with E-state index < -0.39 is 6.09 Å². The number of aromatic nitrogens is 4. The summed E-state index contributed by atoms with van der Waals surface area (Å²) in [6.07, 6.45) is 4.15. The molecule has 0 bridgehead atoms. The van der Waals surface area contributed by atoms with Crippen molar-refractivity contribution >= 4 is 34.5 Å². The Morgan fingerprint density at radius 2 is 2.00 bits per heavy atom. The molecule has 2 aromatic heterocycles. The molecule has 0 unspecified atom stereocenters. The number of fused-ring (bicyclic) bond motifs is 1. The molecule has 2 fully saturated rings. The van der Waals surface area contributed by atoms with Gasteiger partial charge in [0.15, 0.2) is 11.6 Å². The Morgan fingerprint density at radius 1 is 1.18 bits per heavy atom. The molecule has 34 heavy (non-hydrogen) atoms. The van der Waals surface area contributed by atoms with Crippen LogP contribution in [0.4, 0.5) is 16.4 Å². The van der Waals surface area contributed by atoms with Crippen molar-refractivity contribution in [2.24, 2.45) is 7.05 Å². The number of nitrogens with one attached hydrogen (secondary N) is 1. The van der Waals surface area contributed by atoms with Gasteiger partial charge in [-0.05, 0) is 44.4 Å². The van der Waals surface area contributed by atoms with Crippen molar-refractivity contribution in [1.29, 1.82) is 0 Å². The Bertz CT molecular complexity index is 1220. The predicted octanol–water partition coefficient (Wildman–Crippen LogP) is 2.74. The summed E-state index contributed by atoms with van der Waals surface area (Å²) in [6, 6.07) is 6.93. The van der Waals surface area contributed by atoms with Crippen LogP contribution in [-0.2, 0) is 7.05 Å². The standard InChI is InChI=1S/C23H27N7O4/c1-14-12-29(8-9-30(14)23(32)33)21-7-6-20(25-26-21)24-22(31)17-10-15-13-28(2)27-18(15)11-19(17)34-16-4-3-5-16/h6-7,10-11,13-14,16H,3-5,8-9,12H2,1-2H3,(H,32,33)(H,24,25,31)/t14-/m0/s1. The van der Waals surface area contributed by atoms with E-state index in [2.05, 4.69) is 20.6 Å². The molecule has 11 nitrogen and oxygen atoms in total. The SMILES string of the molecule is C[C@H]1CN(c2ccc(NC(=O)c3cc4cn(C)nc4cc3OC3CCC3)nn2)CCN1C(=O)O. The predicted molar refractivity (Wildman–Crippen MR) is 125 cm³/mol. The summed E-state index contributed by atoms with van der Waals surface area (Å²) in [5.74, 6) is 1.15. The average molecular weight is 466 g/mol. The molecule has 0 spiro atoms. The van der Waals surface area contributed by atoms with Crippen LogP contribution in [0, 0.1) is 0 Å². The summed E-state index contributed by atoms with van der Waals surface area (Å²) in [7, 11) is 1.84. The molecule has 1 saturated carbocycles. The highest BCUT2D eigenvalue weighted by Gasteiger charge is 2.28. The second kappa shape index (κ2) is 8.81. The van der Waals surface area contributed by atoms with E-state index in [4.69, 9.17) is 4.74 Å². The molecule has 1 atom stereocenters. The zero-order valence-electron chi connectivity index (χ0n) is 19.1. The monoisotopic (exact) mass is 465 g/mol. The molecule has 1 saturated heterocycles. The van der Waals surface area contributed by atoms with Gasteiger partial charge in [0, 0.05) is 50.4 Å². The highest BCUT2D eigenvalue weighted by molar-refractivity contribution is 6.08. The number of rotatable bonds is 5. The third-order valence-electron chi connectivity index (χ3n) is 6.40. The normalized spacial score (nSPS) is 18.6. The molecule has 1 aromatic carbocycles. The number of aryl methyl sites for hydroxylation is 1. The van der Waals surface area contributed by atoms with Crippen molar-refractivity contribution in [2.45, 2.75) is 38.3 Å². The summed E-state index contributed by atoms with van der Waals surface area (Å²) in [6.45, 7) is 3.32. The number of carbonyl (C=O) groups is 2. The lowest BCUT2D eigenvalue weighted by molar-refractivity contribution is 0.0991. The van der Waals surface area contributed by atoms with Crippen LogP contribution >= 0.6 is 0 Å². The van der Waals surface area contributed by atoms with Gasteiger partial charge in [0.2, 0.25) is 0 Å². The fourth-order valence-corrected chi connectivity index (χ4v) is 4.31. The van der Waals surface area contributed by atoms with Gasteiger partial charge in [0.25, 0.3) is 5.91 Å². The number of carboxylic acid groups (broad SMARTS) is 1. The van der Waals surface area contributed by atoms with E-state index in [0.717, 1.165) is 30.2 Å². The smallest absolute Gasteiger partial charge is 0.407 e. The fourth-order valence-electron chi connectivity index (χ4n) is 4.31. The van der Waals surface area contributed by atoms with E-state index >= 15 is 0 Å². The number of benzene rings is 1. The molecule has 2 N–H and O–H groups in total. The van der Waals surface area contributed by atoms with E-state index in [-0.39, 0.29) is 18.1 Å². The highest BCUT2D eigenvalue weighted by atomic mass is 16.5. The zero-order chi connectivity index (χ0) is 23.8. The van der Waals surface area contributed by atoms with Gasteiger partial charge in [-0.15, -0.1) is 10.2 Å². The van der Waals surface area contributed by atoms with E-state index in [9.17, 15) is 14.7 Å². The van der Waals surface area contributed by atoms with Crippen LogP contribution in [0.3, 0.4) is 0 Å². The van der Waals surface area contributed by atoms with Gasteiger partial charge in [-0.1, -0.05) is 0 Å². The van der Waals surface area contributed by atoms with Crippen LogP contribution in [-0.4, -0.2) is 73.8 Å². The molecule has 0 radical (unpaired) electrons. The summed E-state index contributed by atoms with van der Waals surface area (Å²) in [4.78, 5) is 27.8. The van der Waals surface area contributed by atoms with Crippen LogP contribution in [0.2, 0.25) is 0 Å². The zero-order valence-corrected chi connectivity index (χ0v) is 19.1. The number of nitrogens with zero attached hydrogens (tertiary/aromatic N) is 6. The van der Waals surface area contributed by atoms with E-state index in [1.807, 2.05) is 31.1 Å². The second-order valence-electron chi connectivity index (χ2n) is 8.88. The van der Waals surface area contributed by atoms with Gasteiger partial charge < -0.3 is 25.0 Å². The van der Waals surface area contributed by atoms with Crippen LogP contribution in [0.5, 0.6) is 5.75 Å². The van der Waals surface area contributed by atoms with E-state index in [1.165, 1.54) is 4.90 Å². The van der Waals surface area contributed by atoms with Crippen LogP contribution in [0.25, 0.3) is 10.9 Å². The molecule has 2 aliphatic rings. The summed E-state index contributed by atoms with van der Waals surface area (Å²) in [5.41, 5.74) is 1.20. The molecule has 178 valence electrons. The first kappa shape index (κ1) is 21.9. The first-order chi connectivity index (χ1) is 16.4. The van der Waals surface area contributed by atoms with Crippen LogP contribution in [0.1, 0.15) is 36.5 Å². The van der Waals surface area contributed by atoms with Crippen molar-refractivity contribution in [3.63, 3.8) is 0 Å². The fraction of sp³-hybridized carbons (Fsp3) is 0.435. The molecule has 5 rings (SSSR count). The minimum Gasteiger partial charge on any atom is -0.490 e. The molecular weight excluding hydrogens is 438 g/mol. The maximum Gasteiger partial charge on any atom is 0.407 e. The van der Waals surface area contributed by atoms with E-state index in [0.29, 0.717) is 42.6 Å². The minimum atomic E-state index is -0.915. The number of hydrogen-bond acceptors (Lipinski definition) is 7. The molecular formula is C23H27N7O4. The molecule has 3 heterocycles. The Kier molecular flexibility index (Phi) is 5.68. The lowest BCUT2D eigenvalue weighted by atomic mass is 9.96. The van der Waals surface area contributed by atoms with Crippen molar-refractivity contribution in [3.8, 4) is 5.75 Å². The molecule has 2 amide bonds. The largest absolute Gasteiger partial charge is 0.490 e. The molecule has 1 aliphatic heterocycles. The lowest BCUT2D eigenvalue weighted by Crippen LogP contribution is -2.54. The van der Waals surface area contributed by atoms with Crippen molar-refractivity contribution < 1.29 is 19.4 Å². The van der Waals surface area contributed by atoms with Crippen LogP contribution < -0.4 is 15.0 Å². The molecule has 11 heteroatoms. The van der Waals surface area contributed by atoms with Crippen LogP contribution in [0.15, 0.2) is 30.5 Å².